The van der Waals surface area contributed by atoms with Crippen molar-refractivity contribution in [1.29, 1.82) is 0 Å². The fourth-order valence-electron chi connectivity index (χ4n) is 2.56. The molecule has 6 nitrogen and oxygen atoms in total. The number of carbonyl (C=O) groups is 1. The number of likely N-dealkylation sites (tertiary alicyclic amines) is 1. The van der Waals surface area contributed by atoms with E-state index >= 15 is 0 Å². The predicted molar refractivity (Wildman–Crippen MR) is 80.9 cm³/mol. The molecule has 1 amide bonds. The second-order valence-corrected chi connectivity index (χ2v) is 5.68. The summed E-state index contributed by atoms with van der Waals surface area (Å²) < 4.78 is 33.1. The molecule has 24 heavy (non-hydrogen) atoms. The Balaban J connectivity index is 1.73. The molecule has 0 unspecified atom stereocenters. The Morgan fingerprint density at radius 1 is 1.33 bits per heavy atom. The van der Waals surface area contributed by atoms with Crippen LogP contribution in [0.1, 0.15) is 22.6 Å². The number of aromatic nitrogens is 3. The minimum atomic E-state index is -2.94. The second-order valence-electron chi connectivity index (χ2n) is 5.68. The fourth-order valence-corrected chi connectivity index (χ4v) is 2.56. The topological polar surface area (TPSA) is 68.2 Å². The summed E-state index contributed by atoms with van der Waals surface area (Å²) in [7, 11) is 0. The zero-order valence-corrected chi connectivity index (χ0v) is 13.0. The second kappa shape index (κ2) is 6.46. The van der Waals surface area contributed by atoms with Crippen LogP contribution in [-0.2, 0) is 0 Å². The minimum absolute atomic E-state index is 0.0232. The van der Waals surface area contributed by atoms with Gasteiger partial charge in [0.2, 0.25) is 0 Å². The number of alkyl halides is 2. The van der Waals surface area contributed by atoms with Crippen molar-refractivity contribution in [3.05, 3.63) is 48.3 Å². The standard InChI is InChI=1S/C16H16F2N4O2/c1-11-7-21-14(8-20-11)15(23)22-10-16(17,18)6-12(22)9-24-13-2-4-19-5-3-13/h2-5,7-8,12H,6,9-10H2,1H3/t12-/m0/s1. The summed E-state index contributed by atoms with van der Waals surface area (Å²) in [6, 6.07) is 2.53. The normalized spacial score (nSPS) is 19.3. The molecule has 2 aromatic heterocycles. The third kappa shape index (κ3) is 3.64. The maximum Gasteiger partial charge on any atom is 0.274 e. The van der Waals surface area contributed by atoms with Gasteiger partial charge in [-0.05, 0) is 19.1 Å². The van der Waals surface area contributed by atoms with E-state index in [1.807, 2.05) is 0 Å². The summed E-state index contributed by atoms with van der Waals surface area (Å²) in [4.78, 5) is 25.4. The molecule has 1 atom stereocenters. The Bertz CT molecular complexity index is 710. The molecule has 1 aliphatic rings. The van der Waals surface area contributed by atoms with Crippen LogP contribution in [-0.4, -0.2) is 50.9 Å². The number of hydrogen-bond acceptors (Lipinski definition) is 5. The predicted octanol–water partition coefficient (Wildman–Crippen LogP) is 2.11. The van der Waals surface area contributed by atoms with E-state index in [2.05, 4.69) is 15.0 Å². The van der Waals surface area contributed by atoms with Crippen molar-refractivity contribution in [3.8, 4) is 5.75 Å². The third-order valence-corrected chi connectivity index (χ3v) is 3.73. The molecule has 3 rings (SSSR count). The monoisotopic (exact) mass is 334 g/mol. The Labute approximate surface area is 137 Å². The van der Waals surface area contributed by atoms with Gasteiger partial charge in [0, 0.05) is 25.0 Å². The number of nitrogens with zero attached hydrogens (tertiary/aromatic N) is 4. The zero-order valence-electron chi connectivity index (χ0n) is 13.0. The SMILES string of the molecule is Cc1cnc(C(=O)N2CC(F)(F)C[C@H]2COc2ccncc2)cn1. The van der Waals surface area contributed by atoms with E-state index in [4.69, 9.17) is 4.74 Å². The number of ether oxygens (including phenoxy) is 1. The molecule has 0 saturated carbocycles. The molecule has 126 valence electrons. The number of hydrogen-bond donors (Lipinski definition) is 0. The van der Waals surface area contributed by atoms with Crippen molar-refractivity contribution in [3.63, 3.8) is 0 Å². The lowest BCUT2D eigenvalue weighted by Gasteiger charge is -2.23. The van der Waals surface area contributed by atoms with Crippen molar-refractivity contribution >= 4 is 5.91 Å². The largest absolute Gasteiger partial charge is 0.491 e. The summed E-state index contributed by atoms with van der Waals surface area (Å²) >= 11 is 0. The number of pyridine rings is 1. The van der Waals surface area contributed by atoms with Crippen LogP contribution >= 0.6 is 0 Å². The first kappa shape index (κ1) is 16.2. The van der Waals surface area contributed by atoms with Crippen molar-refractivity contribution < 1.29 is 18.3 Å². The van der Waals surface area contributed by atoms with E-state index in [1.54, 1.807) is 31.5 Å². The molecule has 8 heteroatoms. The Morgan fingerprint density at radius 3 is 2.75 bits per heavy atom. The molecular formula is C16H16F2N4O2. The van der Waals surface area contributed by atoms with Gasteiger partial charge in [-0.15, -0.1) is 0 Å². The van der Waals surface area contributed by atoms with Gasteiger partial charge in [-0.25, -0.2) is 13.8 Å². The molecule has 0 aromatic carbocycles. The van der Waals surface area contributed by atoms with Gasteiger partial charge in [0.05, 0.1) is 24.5 Å². The van der Waals surface area contributed by atoms with Crippen LogP contribution in [0.5, 0.6) is 5.75 Å². The maximum atomic E-state index is 13.8. The molecule has 1 saturated heterocycles. The highest BCUT2D eigenvalue weighted by Crippen LogP contribution is 2.33. The highest BCUT2D eigenvalue weighted by Gasteiger charge is 2.47. The number of aryl methyl sites for hydroxylation is 1. The van der Waals surface area contributed by atoms with Gasteiger partial charge >= 0.3 is 0 Å². The van der Waals surface area contributed by atoms with E-state index in [-0.39, 0.29) is 12.3 Å². The van der Waals surface area contributed by atoms with Crippen LogP contribution in [0.25, 0.3) is 0 Å². The van der Waals surface area contributed by atoms with Gasteiger partial charge < -0.3 is 9.64 Å². The molecule has 0 aliphatic carbocycles. The molecule has 1 fully saturated rings. The van der Waals surface area contributed by atoms with E-state index in [9.17, 15) is 13.6 Å². The first-order valence-corrected chi connectivity index (χ1v) is 7.45. The van der Waals surface area contributed by atoms with Crippen LogP contribution in [0, 0.1) is 6.92 Å². The van der Waals surface area contributed by atoms with Crippen molar-refractivity contribution in [1.82, 2.24) is 19.9 Å². The molecule has 3 heterocycles. The molecule has 1 aliphatic heterocycles. The Morgan fingerprint density at radius 2 is 2.08 bits per heavy atom. The van der Waals surface area contributed by atoms with E-state index in [0.717, 1.165) is 4.90 Å². The van der Waals surface area contributed by atoms with Crippen LogP contribution in [0.15, 0.2) is 36.9 Å². The van der Waals surface area contributed by atoms with Crippen molar-refractivity contribution in [2.24, 2.45) is 0 Å². The molecule has 0 radical (unpaired) electrons. The first-order chi connectivity index (χ1) is 11.4. The average Bonchev–Trinajstić information content (AvgIpc) is 2.89. The Kier molecular flexibility index (Phi) is 4.37. The number of carbonyl (C=O) groups excluding carboxylic acids is 1. The molecule has 0 bridgehead atoms. The van der Waals surface area contributed by atoms with Crippen molar-refractivity contribution in [2.45, 2.75) is 25.3 Å². The summed E-state index contributed by atoms with van der Waals surface area (Å²) in [5, 5.41) is 0. The third-order valence-electron chi connectivity index (χ3n) is 3.73. The van der Waals surface area contributed by atoms with E-state index < -0.39 is 30.8 Å². The van der Waals surface area contributed by atoms with Crippen molar-refractivity contribution in [2.75, 3.05) is 13.2 Å². The lowest BCUT2D eigenvalue weighted by atomic mass is 10.2. The van der Waals surface area contributed by atoms with Gasteiger partial charge in [0.25, 0.3) is 11.8 Å². The summed E-state index contributed by atoms with van der Waals surface area (Å²) in [6.07, 6.45) is 5.38. The highest BCUT2D eigenvalue weighted by molar-refractivity contribution is 5.92. The van der Waals surface area contributed by atoms with E-state index in [0.29, 0.717) is 11.4 Å². The summed E-state index contributed by atoms with van der Waals surface area (Å²) in [6.45, 7) is 1.06. The van der Waals surface area contributed by atoms with Crippen LogP contribution < -0.4 is 4.74 Å². The van der Waals surface area contributed by atoms with Gasteiger partial charge in [0.1, 0.15) is 18.1 Å². The number of halogens is 2. The lowest BCUT2D eigenvalue weighted by Crippen LogP contribution is -2.40. The molecule has 0 spiro atoms. The maximum absolute atomic E-state index is 13.8. The number of amides is 1. The van der Waals surface area contributed by atoms with Crippen LogP contribution in [0.3, 0.4) is 0 Å². The van der Waals surface area contributed by atoms with E-state index in [1.165, 1.54) is 12.4 Å². The van der Waals surface area contributed by atoms with Gasteiger partial charge in [0.15, 0.2) is 0 Å². The zero-order chi connectivity index (χ0) is 17.2. The van der Waals surface area contributed by atoms with Gasteiger partial charge in [-0.2, -0.15) is 0 Å². The van der Waals surface area contributed by atoms with Gasteiger partial charge in [-0.3, -0.25) is 14.8 Å². The first-order valence-electron chi connectivity index (χ1n) is 7.45. The highest BCUT2D eigenvalue weighted by atomic mass is 19.3. The fraction of sp³-hybridized carbons (Fsp3) is 0.375. The molecular weight excluding hydrogens is 318 g/mol. The average molecular weight is 334 g/mol. The molecule has 2 aromatic rings. The van der Waals surface area contributed by atoms with Crippen LogP contribution in [0.2, 0.25) is 0 Å². The lowest BCUT2D eigenvalue weighted by molar-refractivity contribution is 0.0115. The summed E-state index contributed by atoms with van der Waals surface area (Å²) in [5.74, 6) is -2.99. The minimum Gasteiger partial charge on any atom is -0.491 e. The quantitative estimate of drug-likeness (QED) is 0.857. The number of rotatable bonds is 4. The smallest absolute Gasteiger partial charge is 0.274 e. The van der Waals surface area contributed by atoms with Crippen LogP contribution in [0.4, 0.5) is 8.78 Å². The Hall–Kier alpha value is -2.64. The summed E-state index contributed by atoms with van der Waals surface area (Å²) in [5.41, 5.74) is 0.697. The molecule has 0 N–H and O–H groups in total. The van der Waals surface area contributed by atoms with Gasteiger partial charge in [-0.1, -0.05) is 0 Å².